The molecular formula is C19H12ClF2N3O2S3. The van der Waals surface area contributed by atoms with E-state index in [9.17, 15) is 13.6 Å². The molecule has 154 valence electrons. The standard InChI is InChI=1S/C19H12ClF2N3O2S3/c20-15-10-5-1-3-7-12(10)29-16(15)17-24-25-19(27-17)28-9-14(26)23-11-6-2-4-8-13(11)30-18(21)22/h1-8,18H,9H2,(H,23,26). The highest BCUT2D eigenvalue weighted by Gasteiger charge is 2.18. The molecule has 30 heavy (non-hydrogen) atoms. The molecule has 1 N–H and O–H groups in total. The van der Waals surface area contributed by atoms with Crippen LogP contribution in [-0.2, 0) is 4.79 Å². The highest BCUT2D eigenvalue weighted by molar-refractivity contribution is 8.00. The molecule has 2 aromatic heterocycles. The third kappa shape index (κ3) is 4.77. The van der Waals surface area contributed by atoms with Crippen LogP contribution in [-0.4, -0.2) is 27.6 Å². The molecular weight excluding hydrogens is 472 g/mol. The lowest BCUT2D eigenvalue weighted by atomic mass is 10.2. The van der Waals surface area contributed by atoms with Crippen molar-refractivity contribution in [1.82, 2.24) is 10.2 Å². The number of carbonyl (C=O) groups is 1. The van der Waals surface area contributed by atoms with E-state index in [4.69, 9.17) is 16.0 Å². The predicted molar refractivity (Wildman–Crippen MR) is 118 cm³/mol. The van der Waals surface area contributed by atoms with Gasteiger partial charge < -0.3 is 9.73 Å². The molecule has 1 amide bonds. The van der Waals surface area contributed by atoms with Gasteiger partial charge in [0, 0.05) is 15.0 Å². The Morgan fingerprint density at radius 2 is 1.93 bits per heavy atom. The predicted octanol–water partition coefficient (Wildman–Crippen LogP) is 6.65. The zero-order valence-corrected chi connectivity index (χ0v) is 18.2. The maximum absolute atomic E-state index is 12.7. The minimum atomic E-state index is -2.57. The number of hydrogen-bond acceptors (Lipinski definition) is 7. The largest absolute Gasteiger partial charge is 0.410 e. The number of benzene rings is 2. The summed E-state index contributed by atoms with van der Waals surface area (Å²) in [6.07, 6.45) is 0. The fourth-order valence-electron chi connectivity index (χ4n) is 2.59. The van der Waals surface area contributed by atoms with Crippen molar-refractivity contribution in [2.45, 2.75) is 15.9 Å². The third-order valence-electron chi connectivity index (χ3n) is 3.84. The number of fused-ring (bicyclic) bond motifs is 1. The van der Waals surface area contributed by atoms with Gasteiger partial charge in [-0.1, -0.05) is 65.5 Å². The number of nitrogens with zero attached hydrogens (tertiary/aromatic N) is 2. The van der Waals surface area contributed by atoms with E-state index in [-0.39, 0.29) is 22.8 Å². The summed E-state index contributed by atoms with van der Waals surface area (Å²) in [7, 11) is 0. The van der Waals surface area contributed by atoms with Gasteiger partial charge in [-0.05, 0) is 18.2 Å². The molecule has 0 aliphatic heterocycles. The summed E-state index contributed by atoms with van der Waals surface area (Å²) >= 11 is 9.30. The highest BCUT2D eigenvalue weighted by atomic mass is 35.5. The number of carbonyl (C=O) groups excluding carboxylic acids is 1. The molecule has 0 bridgehead atoms. The Balaban J connectivity index is 1.41. The summed E-state index contributed by atoms with van der Waals surface area (Å²) in [6.45, 7) is 0. The second kappa shape index (κ2) is 9.34. The number of halogens is 3. The Morgan fingerprint density at radius 3 is 2.73 bits per heavy atom. The molecule has 0 atom stereocenters. The van der Waals surface area contributed by atoms with Crippen LogP contribution in [0, 0.1) is 0 Å². The van der Waals surface area contributed by atoms with Gasteiger partial charge in [0.15, 0.2) is 0 Å². The highest BCUT2D eigenvalue weighted by Crippen LogP contribution is 2.41. The topological polar surface area (TPSA) is 68.0 Å². The first-order valence-corrected chi connectivity index (χ1v) is 11.5. The summed E-state index contributed by atoms with van der Waals surface area (Å²) in [5, 5.41) is 12.3. The van der Waals surface area contributed by atoms with Gasteiger partial charge in [0.2, 0.25) is 5.91 Å². The SMILES string of the molecule is O=C(CSc1nnc(-c2sc3ccccc3c2Cl)o1)Nc1ccccc1SC(F)F. The second-order valence-electron chi connectivity index (χ2n) is 5.83. The van der Waals surface area contributed by atoms with Gasteiger partial charge in [-0.15, -0.1) is 21.5 Å². The smallest absolute Gasteiger partial charge is 0.288 e. The van der Waals surface area contributed by atoms with Gasteiger partial charge >= 0.3 is 0 Å². The average molecular weight is 484 g/mol. The van der Waals surface area contributed by atoms with Crippen molar-refractivity contribution in [3.63, 3.8) is 0 Å². The molecule has 0 radical (unpaired) electrons. The molecule has 0 aliphatic rings. The first-order valence-electron chi connectivity index (χ1n) is 8.48. The molecule has 2 heterocycles. The lowest BCUT2D eigenvalue weighted by molar-refractivity contribution is -0.113. The van der Waals surface area contributed by atoms with Gasteiger partial charge in [0.1, 0.15) is 4.88 Å². The molecule has 4 aromatic rings. The van der Waals surface area contributed by atoms with Crippen molar-refractivity contribution in [3.05, 3.63) is 53.6 Å². The average Bonchev–Trinajstić information content (AvgIpc) is 3.32. The maximum atomic E-state index is 12.7. The Kier molecular flexibility index (Phi) is 6.57. The molecule has 4 rings (SSSR count). The number of hydrogen-bond donors (Lipinski definition) is 1. The maximum Gasteiger partial charge on any atom is 0.288 e. The van der Waals surface area contributed by atoms with Crippen molar-refractivity contribution in [2.24, 2.45) is 0 Å². The van der Waals surface area contributed by atoms with Crippen LogP contribution in [0.4, 0.5) is 14.5 Å². The van der Waals surface area contributed by atoms with Crippen LogP contribution in [0.2, 0.25) is 5.02 Å². The fourth-order valence-corrected chi connectivity index (χ4v) is 5.19. The number of thiophene rings is 1. The third-order valence-corrected chi connectivity index (χ3v) is 7.11. The van der Waals surface area contributed by atoms with E-state index >= 15 is 0 Å². The van der Waals surface area contributed by atoms with Crippen LogP contribution in [0.5, 0.6) is 0 Å². The normalized spacial score (nSPS) is 11.3. The summed E-state index contributed by atoms with van der Waals surface area (Å²) in [5.74, 6) is -2.69. The summed E-state index contributed by atoms with van der Waals surface area (Å²) in [4.78, 5) is 13.2. The van der Waals surface area contributed by atoms with Crippen LogP contribution < -0.4 is 5.32 Å². The van der Waals surface area contributed by atoms with E-state index < -0.39 is 5.76 Å². The van der Waals surface area contributed by atoms with Crippen molar-refractivity contribution in [3.8, 4) is 10.8 Å². The summed E-state index contributed by atoms with van der Waals surface area (Å²) < 4.78 is 32.0. The molecule has 0 spiro atoms. The number of alkyl halides is 2. The van der Waals surface area contributed by atoms with E-state index in [1.54, 1.807) is 18.2 Å². The van der Waals surface area contributed by atoms with Crippen LogP contribution in [0.1, 0.15) is 0 Å². The molecule has 5 nitrogen and oxygen atoms in total. The quantitative estimate of drug-likeness (QED) is 0.297. The Morgan fingerprint density at radius 1 is 1.17 bits per heavy atom. The number of amides is 1. The summed E-state index contributed by atoms with van der Waals surface area (Å²) in [5.41, 5.74) is 0.330. The molecule has 11 heteroatoms. The van der Waals surface area contributed by atoms with Gasteiger partial charge in [0.25, 0.3) is 16.9 Å². The Hall–Kier alpha value is -2.14. The molecule has 0 unspecified atom stereocenters. The van der Waals surface area contributed by atoms with Crippen LogP contribution in [0.3, 0.4) is 0 Å². The van der Waals surface area contributed by atoms with Gasteiger partial charge in [-0.2, -0.15) is 8.78 Å². The molecule has 0 aliphatic carbocycles. The molecule has 0 saturated heterocycles. The number of thioether (sulfide) groups is 2. The lowest BCUT2D eigenvalue weighted by Gasteiger charge is -2.09. The lowest BCUT2D eigenvalue weighted by Crippen LogP contribution is -2.14. The Bertz CT molecular complexity index is 1200. The number of anilines is 1. The van der Waals surface area contributed by atoms with Crippen molar-refractivity contribution >= 4 is 68.1 Å². The number of rotatable bonds is 7. The van der Waals surface area contributed by atoms with E-state index in [0.29, 0.717) is 32.2 Å². The van der Waals surface area contributed by atoms with Gasteiger partial charge in [0.05, 0.1) is 16.5 Å². The molecule has 2 aromatic carbocycles. The van der Waals surface area contributed by atoms with Crippen LogP contribution in [0.15, 0.2) is 63.1 Å². The van der Waals surface area contributed by atoms with Crippen LogP contribution in [0.25, 0.3) is 20.9 Å². The molecule has 0 fully saturated rings. The summed E-state index contributed by atoms with van der Waals surface area (Å²) in [6, 6.07) is 14.1. The van der Waals surface area contributed by atoms with Crippen molar-refractivity contribution < 1.29 is 18.0 Å². The fraction of sp³-hybridized carbons (Fsp3) is 0.105. The Labute approximate surface area is 187 Å². The number of para-hydroxylation sites is 1. The van der Waals surface area contributed by atoms with E-state index in [2.05, 4.69) is 15.5 Å². The van der Waals surface area contributed by atoms with E-state index in [0.717, 1.165) is 21.8 Å². The van der Waals surface area contributed by atoms with E-state index in [1.165, 1.54) is 17.4 Å². The first kappa shape index (κ1) is 21.1. The van der Waals surface area contributed by atoms with E-state index in [1.807, 2.05) is 24.3 Å². The zero-order chi connectivity index (χ0) is 21.1. The van der Waals surface area contributed by atoms with Gasteiger partial charge in [-0.25, -0.2) is 0 Å². The zero-order valence-electron chi connectivity index (χ0n) is 15.0. The molecule has 0 saturated carbocycles. The minimum absolute atomic E-state index is 0.0184. The van der Waals surface area contributed by atoms with Crippen molar-refractivity contribution in [1.29, 1.82) is 0 Å². The first-order chi connectivity index (χ1) is 14.5. The van der Waals surface area contributed by atoms with Gasteiger partial charge in [-0.3, -0.25) is 4.79 Å². The second-order valence-corrected chi connectivity index (χ2v) is 9.21. The van der Waals surface area contributed by atoms with Crippen LogP contribution >= 0.6 is 46.5 Å². The number of aromatic nitrogens is 2. The number of nitrogens with one attached hydrogen (secondary N) is 1. The van der Waals surface area contributed by atoms with Crippen molar-refractivity contribution in [2.75, 3.05) is 11.1 Å². The minimum Gasteiger partial charge on any atom is -0.410 e. The monoisotopic (exact) mass is 483 g/mol.